The monoisotopic (exact) mass is 361 g/mol. The molecule has 2 aliphatic heterocycles. The number of likely N-dealkylation sites (tertiary alicyclic amines) is 1. The molecule has 0 spiro atoms. The summed E-state index contributed by atoms with van der Waals surface area (Å²) < 4.78 is 10.9. The molecule has 144 valence electrons. The SMILES string of the molecule is CN(CCN1CCCC1)Cc1ccc(OCC(=O)N2CCOCC2)cc1. The number of rotatable bonds is 8. The van der Waals surface area contributed by atoms with E-state index in [4.69, 9.17) is 9.47 Å². The van der Waals surface area contributed by atoms with Crippen molar-refractivity contribution >= 4 is 5.91 Å². The van der Waals surface area contributed by atoms with Crippen molar-refractivity contribution in [2.45, 2.75) is 19.4 Å². The summed E-state index contributed by atoms with van der Waals surface area (Å²) in [4.78, 5) is 18.8. The Kier molecular flexibility index (Phi) is 7.29. The zero-order chi connectivity index (χ0) is 18.2. The minimum Gasteiger partial charge on any atom is -0.484 e. The lowest BCUT2D eigenvalue weighted by molar-refractivity contribution is -0.137. The lowest BCUT2D eigenvalue weighted by atomic mass is 10.2. The van der Waals surface area contributed by atoms with Gasteiger partial charge in [-0.2, -0.15) is 0 Å². The van der Waals surface area contributed by atoms with Crippen LogP contribution in [0.25, 0.3) is 0 Å². The number of likely N-dealkylation sites (N-methyl/N-ethyl adjacent to an activating group) is 1. The fourth-order valence-electron chi connectivity index (χ4n) is 3.45. The first-order chi connectivity index (χ1) is 12.7. The summed E-state index contributed by atoms with van der Waals surface area (Å²) in [6.45, 7) is 8.32. The standard InChI is InChI=1S/C20H31N3O3/c1-21(10-11-22-8-2-3-9-22)16-18-4-6-19(7-5-18)26-17-20(24)23-12-14-25-15-13-23/h4-7H,2-3,8-17H2,1H3. The molecule has 0 aromatic heterocycles. The van der Waals surface area contributed by atoms with E-state index >= 15 is 0 Å². The molecule has 6 nitrogen and oxygen atoms in total. The molecule has 1 aromatic carbocycles. The van der Waals surface area contributed by atoms with Crippen molar-refractivity contribution in [3.8, 4) is 5.75 Å². The van der Waals surface area contributed by atoms with Crippen LogP contribution in [-0.4, -0.2) is 86.7 Å². The number of carbonyl (C=O) groups is 1. The highest BCUT2D eigenvalue weighted by molar-refractivity contribution is 5.77. The molecule has 0 N–H and O–H groups in total. The topological polar surface area (TPSA) is 45.2 Å². The molecule has 0 saturated carbocycles. The maximum atomic E-state index is 12.1. The summed E-state index contributed by atoms with van der Waals surface area (Å²) in [5, 5.41) is 0. The number of morpholine rings is 1. The fraction of sp³-hybridized carbons (Fsp3) is 0.650. The number of hydrogen-bond acceptors (Lipinski definition) is 5. The Bertz CT molecular complexity index is 552. The Morgan fingerprint density at radius 1 is 1.12 bits per heavy atom. The molecule has 2 heterocycles. The summed E-state index contributed by atoms with van der Waals surface area (Å²) in [6.07, 6.45) is 2.69. The van der Waals surface area contributed by atoms with E-state index in [1.165, 1.54) is 31.5 Å². The average molecular weight is 361 g/mol. The Balaban J connectivity index is 1.37. The van der Waals surface area contributed by atoms with Crippen LogP contribution in [0, 0.1) is 0 Å². The average Bonchev–Trinajstić information content (AvgIpc) is 3.20. The van der Waals surface area contributed by atoms with Crippen molar-refractivity contribution in [2.75, 3.05) is 66.1 Å². The number of carbonyl (C=O) groups excluding carboxylic acids is 1. The van der Waals surface area contributed by atoms with Crippen molar-refractivity contribution in [3.05, 3.63) is 29.8 Å². The quantitative estimate of drug-likeness (QED) is 0.701. The van der Waals surface area contributed by atoms with Gasteiger partial charge in [0.15, 0.2) is 6.61 Å². The normalized spacial score (nSPS) is 18.5. The molecular formula is C20H31N3O3. The van der Waals surface area contributed by atoms with Crippen molar-refractivity contribution in [1.82, 2.24) is 14.7 Å². The molecule has 0 radical (unpaired) electrons. The smallest absolute Gasteiger partial charge is 0.260 e. The van der Waals surface area contributed by atoms with Crippen molar-refractivity contribution in [2.24, 2.45) is 0 Å². The van der Waals surface area contributed by atoms with E-state index in [1.54, 1.807) is 4.90 Å². The number of nitrogens with zero attached hydrogens (tertiary/aromatic N) is 3. The van der Waals surface area contributed by atoms with Gasteiger partial charge in [-0.3, -0.25) is 4.79 Å². The van der Waals surface area contributed by atoms with Gasteiger partial charge in [0.2, 0.25) is 0 Å². The Morgan fingerprint density at radius 3 is 2.50 bits per heavy atom. The van der Waals surface area contributed by atoms with Crippen molar-refractivity contribution in [3.63, 3.8) is 0 Å². The Labute approximate surface area is 156 Å². The zero-order valence-electron chi connectivity index (χ0n) is 15.9. The summed E-state index contributed by atoms with van der Waals surface area (Å²) in [5.74, 6) is 0.772. The van der Waals surface area contributed by atoms with Crippen molar-refractivity contribution in [1.29, 1.82) is 0 Å². The van der Waals surface area contributed by atoms with Gasteiger partial charge in [0, 0.05) is 32.7 Å². The van der Waals surface area contributed by atoms with E-state index in [0.717, 1.165) is 25.4 Å². The highest BCUT2D eigenvalue weighted by Crippen LogP contribution is 2.14. The van der Waals surface area contributed by atoms with Gasteiger partial charge in [-0.05, 0) is 50.7 Å². The van der Waals surface area contributed by atoms with E-state index in [-0.39, 0.29) is 12.5 Å². The summed E-state index contributed by atoms with van der Waals surface area (Å²) in [7, 11) is 2.17. The van der Waals surface area contributed by atoms with E-state index in [0.29, 0.717) is 26.3 Å². The van der Waals surface area contributed by atoms with Crippen LogP contribution in [0.4, 0.5) is 0 Å². The summed E-state index contributed by atoms with van der Waals surface area (Å²) >= 11 is 0. The molecule has 0 aliphatic carbocycles. The second-order valence-corrected chi connectivity index (χ2v) is 7.21. The second kappa shape index (κ2) is 9.90. The van der Waals surface area contributed by atoms with Crippen molar-refractivity contribution < 1.29 is 14.3 Å². The maximum Gasteiger partial charge on any atom is 0.260 e. The molecule has 3 rings (SSSR count). The molecule has 2 aliphatic rings. The number of ether oxygens (including phenoxy) is 2. The molecule has 1 aromatic rings. The molecular weight excluding hydrogens is 330 g/mol. The van der Waals surface area contributed by atoms with E-state index in [9.17, 15) is 4.79 Å². The molecule has 0 unspecified atom stereocenters. The lowest BCUT2D eigenvalue weighted by Gasteiger charge is -2.26. The van der Waals surface area contributed by atoms with Gasteiger partial charge in [0.05, 0.1) is 13.2 Å². The van der Waals surface area contributed by atoms with Crippen LogP contribution in [0.5, 0.6) is 5.75 Å². The third-order valence-corrected chi connectivity index (χ3v) is 5.10. The van der Waals surface area contributed by atoms with Gasteiger partial charge in [-0.15, -0.1) is 0 Å². The minimum absolute atomic E-state index is 0.0269. The van der Waals surface area contributed by atoms with Gasteiger partial charge in [0.1, 0.15) is 5.75 Å². The molecule has 2 saturated heterocycles. The van der Waals surface area contributed by atoms with Crippen LogP contribution in [0.3, 0.4) is 0 Å². The Morgan fingerprint density at radius 2 is 1.81 bits per heavy atom. The highest BCUT2D eigenvalue weighted by Gasteiger charge is 2.17. The molecule has 1 amide bonds. The van der Waals surface area contributed by atoms with E-state index in [1.807, 2.05) is 12.1 Å². The van der Waals surface area contributed by atoms with Crippen LogP contribution in [-0.2, 0) is 16.1 Å². The number of benzene rings is 1. The van der Waals surface area contributed by atoms with Crippen LogP contribution >= 0.6 is 0 Å². The van der Waals surface area contributed by atoms with E-state index < -0.39 is 0 Å². The van der Waals surface area contributed by atoms with Gasteiger partial charge < -0.3 is 24.2 Å². The van der Waals surface area contributed by atoms with E-state index in [2.05, 4.69) is 29.0 Å². The third kappa shape index (κ3) is 5.97. The Hall–Kier alpha value is -1.63. The highest BCUT2D eigenvalue weighted by atomic mass is 16.5. The largest absolute Gasteiger partial charge is 0.484 e. The maximum absolute atomic E-state index is 12.1. The summed E-state index contributed by atoms with van der Waals surface area (Å²) in [5.41, 5.74) is 1.26. The zero-order valence-corrected chi connectivity index (χ0v) is 15.9. The molecule has 0 bridgehead atoms. The lowest BCUT2D eigenvalue weighted by Crippen LogP contribution is -2.42. The minimum atomic E-state index is 0.0269. The molecule has 0 atom stereocenters. The molecule has 6 heteroatoms. The van der Waals surface area contributed by atoms with Crippen LogP contribution < -0.4 is 4.74 Å². The van der Waals surface area contributed by atoms with Gasteiger partial charge >= 0.3 is 0 Å². The van der Waals surface area contributed by atoms with Crippen LogP contribution in [0.2, 0.25) is 0 Å². The first-order valence-corrected chi connectivity index (χ1v) is 9.69. The van der Waals surface area contributed by atoms with Gasteiger partial charge in [-0.1, -0.05) is 12.1 Å². The third-order valence-electron chi connectivity index (χ3n) is 5.10. The van der Waals surface area contributed by atoms with Crippen LogP contribution in [0.1, 0.15) is 18.4 Å². The number of amides is 1. The van der Waals surface area contributed by atoms with Gasteiger partial charge in [-0.25, -0.2) is 0 Å². The first-order valence-electron chi connectivity index (χ1n) is 9.69. The fourth-order valence-corrected chi connectivity index (χ4v) is 3.45. The van der Waals surface area contributed by atoms with Crippen LogP contribution in [0.15, 0.2) is 24.3 Å². The summed E-state index contributed by atoms with van der Waals surface area (Å²) in [6, 6.07) is 8.08. The predicted molar refractivity (Wildman–Crippen MR) is 101 cm³/mol. The molecule has 26 heavy (non-hydrogen) atoms. The van der Waals surface area contributed by atoms with Gasteiger partial charge in [0.25, 0.3) is 5.91 Å². The predicted octanol–water partition coefficient (Wildman–Crippen LogP) is 1.45. The second-order valence-electron chi connectivity index (χ2n) is 7.21. The number of hydrogen-bond donors (Lipinski definition) is 0. The first kappa shape index (κ1) is 19.1. The molecule has 2 fully saturated rings.